The number of carbonyl (C=O) groups excluding carboxylic acids is 2. The molecule has 290 valence electrons. The van der Waals surface area contributed by atoms with E-state index < -0.39 is 48.3 Å². The smallest absolute Gasteiger partial charge is 0.325 e. The SMILES string of the molecule is COc1cc2ccccc2cc1C(=O)NNC(=O)COc1ccc(C(C(=O)O)N2CCN(CC(=O)O)CCN(CC(=O)O)CCN(CC(=O)O)CC2)cc1. The average molecular weight is 753 g/mol. The number of carboxylic acid groups (broad SMARTS) is 4. The Kier molecular flexibility index (Phi) is 15.1. The second kappa shape index (κ2) is 19.9. The molecule has 0 spiro atoms. The first-order chi connectivity index (χ1) is 25.8. The Morgan fingerprint density at radius 1 is 0.667 bits per heavy atom. The van der Waals surface area contributed by atoms with Gasteiger partial charge in [-0.05, 0) is 40.6 Å². The number of carboxylic acids is 4. The normalized spacial score (nSPS) is 15.9. The molecule has 0 saturated carbocycles. The summed E-state index contributed by atoms with van der Waals surface area (Å²) in [6.45, 7) is -0.246. The van der Waals surface area contributed by atoms with Crippen molar-refractivity contribution < 1.29 is 58.7 Å². The number of ether oxygens (including phenoxy) is 2. The Morgan fingerprint density at radius 3 is 1.61 bits per heavy atom. The minimum atomic E-state index is -1.21. The van der Waals surface area contributed by atoms with Crippen LogP contribution in [0.5, 0.6) is 11.5 Å². The molecule has 1 heterocycles. The number of benzene rings is 3. The van der Waals surface area contributed by atoms with E-state index in [0.29, 0.717) is 11.3 Å². The molecule has 1 aliphatic heterocycles. The van der Waals surface area contributed by atoms with E-state index in [2.05, 4.69) is 10.9 Å². The van der Waals surface area contributed by atoms with Crippen molar-refractivity contribution in [3.8, 4) is 11.5 Å². The summed E-state index contributed by atoms with van der Waals surface area (Å²) < 4.78 is 10.9. The molecule has 54 heavy (non-hydrogen) atoms. The third kappa shape index (κ3) is 12.4. The van der Waals surface area contributed by atoms with Gasteiger partial charge in [0.1, 0.15) is 17.5 Å². The van der Waals surface area contributed by atoms with Gasteiger partial charge in [-0.2, -0.15) is 0 Å². The van der Waals surface area contributed by atoms with E-state index in [4.69, 9.17) is 9.47 Å². The van der Waals surface area contributed by atoms with E-state index in [-0.39, 0.29) is 83.3 Å². The molecule has 1 atom stereocenters. The van der Waals surface area contributed by atoms with E-state index in [1.807, 2.05) is 24.3 Å². The lowest BCUT2D eigenvalue weighted by molar-refractivity contribution is -0.145. The molecule has 18 heteroatoms. The molecule has 0 aromatic heterocycles. The zero-order chi connectivity index (χ0) is 39.2. The summed E-state index contributed by atoms with van der Waals surface area (Å²) in [4.78, 5) is 79.2. The van der Waals surface area contributed by atoms with Crippen LogP contribution in [0.1, 0.15) is 22.0 Å². The molecule has 1 saturated heterocycles. The molecule has 6 N–H and O–H groups in total. The number of hydrazine groups is 1. The molecule has 0 aliphatic carbocycles. The maximum Gasteiger partial charge on any atom is 0.325 e. The van der Waals surface area contributed by atoms with E-state index in [0.717, 1.165) is 10.8 Å². The summed E-state index contributed by atoms with van der Waals surface area (Å²) in [5.41, 5.74) is 5.20. The Balaban J connectivity index is 1.42. The lowest BCUT2D eigenvalue weighted by atomic mass is 10.0. The molecular formula is C36H44N6O12. The van der Waals surface area contributed by atoms with Crippen LogP contribution in [-0.4, -0.2) is 161 Å². The van der Waals surface area contributed by atoms with Crippen LogP contribution in [0.15, 0.2) is 60.7 Å². The second-order valence-electron chi connectivity index (χ2n) is 12.5. The fourth-order valence-corrected chi connectivity index (χ4v) is 6.06. The second-order valence-corrected chi connectivity index (χ2v) is 12.5. The molecule has 1 unspecified atom stereocenters. The van der Waals surface area contributed by atoms with Crippen molar-refractivity contribution in [3.05, 3.63) is 71.8 Å². The molecular weight excluding hydrogens is 708 g/mol. The number of fused-ring (bicyclic) bond motifs is 1. The molecule has 0 bridgehead atoms. The van der Waals surface area contributed by atoms with Gasteiger partial charge < -0.3 is 29.9 Å². The van der Waals surface area contributed by atoms with Crippen LogP contribution >= 0.6 is 0 Å². The quantitative estimate of drug-likeness (QED) is 0.121. The molecule has 1 aliphatic rings. The van der Waals surface area contributed by atoms with Gasteiger partial charge in [-0.3, -0.25) is 59.2 Å². The number of nitrogens with one attached hydrogen (secondary N) is 2. The highest BCUT2D eigenvalue weighted by Gasteiger charge is 2.29. The van der Waals surface area contributed by atoms with Crippen LogP contribution < -0.4 is 20.3 Å². The van der Waals surface area contributed by atoms with Crippen molar-refractivity contribution in [2.45, 2.75) is 6.04 Å². The van der Waals surface area contributed by atoms with Gasteiger partial charge in [0.05, 0.1) is 32.3 Å². The van der Waals surface area contributed by atoms with Crippen LogP contribution in [0.25, 0.3) is 10.8 Å². The van der Waals surface area contributed by atoms with E-state index in [1.54, 1.807) is 31.7 Å². The first-order valence-corrected chi connectivity index (χ1v) is 17.0. The maximum atomic E-state index is 12.8. The van der Waals surface area contributed by atoms with Crippen LogP contribution in [0.3, 0.4) is 0 Å². The number of methoxy groups -OCH3 is 1. The first kappa shape index (κ1) is 40.9. The number of hydrogen-bond acceptors (Lipinski definition) is 12. The number of rotatable bonds is 14. The topological polar surface area (TPSA) is 239 Å². The fraction of sp³-hybridized carbons (Fsp3) is 0.389. The van der Waals surface area contributed by atoms with Crippen molar-refractivity contribution in [1.29, 1.82) is 0 Å². The standard InChI is InChI=1S/C36H44N6O12/c1-53-29-19-26-5-3-2-4-25(26)18-28(29)35(50)38-37-30(43)23-54-27-8-6-24(7-9-27)34(36(51)52)42-16-14-40(21-32(46)47)12-10-39(20-31(44)45)11-13-41(15-17-42)22-33(48)49/h2-9,18-19,34H,10-17,20-23H2,1H3,(H,37,43)(H,38,50)(H,44,45)(H,46,47)(H,48,49)(H,51,52). The number of carbonyl (C=O) groups is 6. The number of amides is 2. The summed E-state index contributed by atoms with van der Waals surface area (Å²) in [6.07, 6.45) is 0. The van der Waals surface area contributed by atoms with Gasteiger partial charge in [-0.15, -0.1) is 0 Å². The van der Waals surface area contributed by atoms with Crippen molar-refractivity contribution >= 4 is 46.5 Å². The fourth-order valence-electron chi connectivity index (χ4n) is 6.06. The third-order valence-corrected chi connectivity index (χ3v) is 8.74. The lowest BCUT2D eigenvalue weighted by Crippen LogP contribution is -2.49. The molecule has 2 amide bonds. The predicted octanol–water partition coefficient (Wildman–Crippen LogP) is 0.290. The van der Waals surface area contributed by atoms with Crippen LogP contribution in [0, 0.1) is 0 Å². The molecule has 3 aromatic rings. The molecule has 4 rings (SSSR count). The summed E-state index contributed by atoms with van der Waals surface area (Å²) >= 11 is 0. The van der Waals surface area contributed by atoms with Crippen LogP contribution in [0.4, 0.5) is 0 Å². The van der Waals surface area contributed by atoms with Crippen LogP contribution in [-0.2, 0) is 24.0 Å². The number of hydrogen-bond donors (Lipinski definition) is 6. The van der Waals surface area contributed by atoms with Crippen molar-refractivity contribution in [1.82, 2.24) is 30.5 Å². The minimum Gasteiger partial charge on any atom is -0.496 e. The highest BCUT2D eigenvalue weighted by Crippen LogP contribution is 2.26. The summed E-state index contributed by atoms with van der Waals surface area (Å²) in [6, 6.07) is 15.6. The van der Waals surface area contributed by atoms with E-state index in [1.165, 1.54) is 31.4 Å². The van der Waals surface area contributed by atoms with Crippen molar-refractivity contribution in [2.24, 2.45) is 0 Å². The molecule has 3 aromatic carbocycles. The summed E-state index contributed by atoms with van der Waals surface area (Å²) in [5.74, 6) is -5.18. The Bertz CT molecular complexity index is 1770. The van der Waals surface area contributed by atoms with Gasteiger partial charge in [0, 0.05) is 52.4 Å². The number of nitrogens with zero attached hydrogens (tertiary/aromatic N) is 4. The summed E-state index contributed by atoms with van der Waals surface area (Å²) in [7, 11) is 1.43. The van der Waals surface area contributed by atoms with Gasteiger partial charge in [-0.25, -0.2) is 0 Å². The monoisotopic (exact) mass is 752 g/mol. The highest BCUT2D eigenvalue weighted by molar-refractivity contribution is 6.02. The summed E-state index contributed by atoms with van der Waals surface area (Å²) in [5, 5.41) is 40.4. The predicted molar refractivity (Wildman–Crippen MR) is 192 cm³/mol. The molecule has 1 fully saturated rings. The van der Waals surface area contributed by atoms with Crippen LogP contribution in [0.2, 0.25) is 0 Å². The van der Waals surface area contributed by atoms with Gasteiger partial charge >= 0.3 is 23.9 Å². The maximum absolute atomic E-state index is 12.8. The van der Waals surface area contributed by atoms with E-state index >= 15 is 0 Å². The highest BCUT2D eigenvalue weighted by atomic mass is 16.5. The Hall–Kier alpha value is -5.82. The Labute approximate surface area is 310 Å². The van der Waals surface area contributed by atoms with E-state index in [9.17, 15) is 49.2 Å². The van der Waals surface area contributed by atoms with Crippen molar-refractivity contribution in [2.75, 3.05) is 85.7 Å². The van der Waals surface area contributed by atoms with Gasteiger partial charge in [0.15, 0.2) is 6.61 Å². The van der Waals surface area contributed by atoms with Gasteiger partial charge in [-0.1, -0.05) is 36.4 Å². The van der Waals surface area contributed by atoms with Gasteiger partial charge in [0.2, 0.25) is 0 Å². The third-order valence-electron chi connectivity index (χ3n) is 8.74. The van der Waals surface area contributed by atoms with Crippen molar-refractivity contribution in [3.63, 3.8) is 0 Å². The minimum absolute atomic E-state index is 0.0965. The first-order valence-electron chi connectivity index (χ1n) is 17.0. The number of aliphatic carboxylic acids is 4. The average Bonchev–Trinajstić information content (AvgIpc) is 3.13. The largest absolute Gasteiger partial charge is 0.496 e. The lowest BCUT2D eigenvalue weighted by Gasteiger charge is -2.35. The molecule has 18 nitrogen and oxygen atoms in total. The zero-order valence-electron chi connectivity index (χ0n) is 29.7. The zero-order valence-corrected chi connectivity index (χ0v) is 29.7. The van der Waals surface area contributed by atoms with Gasteiger partial charge in [0.25, 0.3) is 11.8 Å². The Morgan fingerprint density at radius 2 is 1.15 bits per heavy atom. The molecule has 0 radical (unpaired) electrons.